The topological polar surface area (TPSA) is 145 Å². The molecule has 0 saturated carbocycles. The Balaban J connectivity index is 1.56. The average molecular weight is 464 g/mol. The molecule has 0 fully saturated rings. The number of para-hydroxylation sites is 1. The molecule has 0 aliphatic rings. The van der Waals surface area contributed by atoms with Crippen LogP contribution in [0.1, 0.15) is 10.4 Å². The predicted octanol–water partition coefficient (Wildman–Crippen LogP) is 1.70. The fraction of sp³-hybridized carbons (Fsp3) is 0.158. The molecule has 162 valence electrons. The number of amides is 3. The van der Waals surface area contributed by atoms with Crippen LogP contribution in [0.15, 0.2) is 36.4 Å². The monoisotopic (exact) mass is 463 g/mol. The van der Waals surface area contributed by atoms with E-state index in [2.05, 4.69) is 21.2 Å². The molecule has 10 nitrogen and oxygen atoms in total. The van der Waals surface area contributed by atoms with Gasteiger partial charge in [0.05, 0.1) is 28.9 Å². The van der Waals surface area contributed by atoms with Crippen molar-refractivity contribution >= 4 is 56.0 Å². The zero-order valence-corrected chi connectivity index (χ0v) is 17.8. The minimum Gasteiger partial charge on any atom is -0.493 e. The summed E-state index contributed by atoms with van der Waals surface area (Å²) in [6.45, 7) is -0.497. The van der Waals surface area contributed by atoms with Gasteiger partial charge >= 0.3 is 0 Å². The number of carbonyl (C=O) groups excluding carboxylic acids is 3. The van der Waals surface area contributed by atoms with Crippen molar-refractivity contribution in [2.45, 2.75) is 0 Å². The molecule has 0 saturated heterocycles. The third-order valence-electron chi connectivity index (χ3n) is 3.86. The molecule has 3 amide bonds. The van der Waals surface area contributed by atoms with Gasteiger partial charge in [0.15, 0.2) is 23.2 Å². The van der Waals surface area contributed by atoms with Crippen molar-refractivity contribution in [2.24, 2.45) is 5.73 Å². The molecule has 0 bridgehead atoms. The maximum atomic E-state index is 12.4. The standard InChI is InChI=1S/C19H18ClN5O5S/c1-29-13-7-10(6-11(20)17(13)30-9-15(21)26)18(28)25-24-16(27)8-22-19-23-12-4-2-3-5-14(12)31-19/h2-7H,8-9H2,1H3,(H2,21,26)(H,22,23)(H,24,27)(H,25,28). The lowest BCUT2D eigenvalue weighted by Gasteiger charge is -2.13. The van der Waals surface area contributed by atoms with Crippen LogP contribution in [-0.4, -0.2) is 43.0 Å². The third kappa shape index (κ3) is 5.74. The van der Waals surface area contributed by atoms with Crippen molar-refractivity contribution in [1.82, 2.24) is 15.8 Å². The number of fused-ring (bicyclic) bond motifs is 1. The Bertz CT molecular complexity index is 1100. The Morgan fingerprint density at radius 3 is 2.68 bits per heavy atom. The van der Waals surface area contributed by atoms with Crippen molar-refractivity contribution in [3.8, 4) is 11.5 Å². The van der Waals surface area contributed by atoms with Crippen LogP contribution < -0.4 is 31.4 Å². The SMILES string of the molecule is COc1cc(C(=O)NNC(=O)CNc2nc3ccccc3s2)cc(Cl)c1OCC(N)=O. The minimum atomic E-state index is -0.692. The van der Waals surface area contributed by atoms with Crippen LogP contribution in [0.4, 0.5) is 5.13 Å². The zero-order chi connectivity index (χ0) is 22.4. The predicted molar refractivity (Wildman–Crippen MR) is 116 cm³/mol. The molecular formula is C19H18ClN5O5S. The summed E-state index contributed by atoms with van der Waals surface area (Å²) in [6, 6.07) is 10.3. The molecule has 31 heavy (non-hydrogen) atoms. The lowest BCUT2D eigenvalue weighted by atomic mass is 10.2. The van der Waals surface area contributed by atoms with Gasteiger partial charge in [0, 0.05) is 5.56 Å². The zero-order valence-electron chi connectivity index (χ0n) is 16.2. The maximum Gasteiger partial charge on any atom is 0.269 e. The van der Waals surface area contributed by atoms with Crippen molar-refractivity contribution in [3.05, 3.63) is 47.0 Å². The van der Waals surface area contributed by atoms with E-state index in [1.165, 1.54) is 30.6 Å². The quantitative estimate of drug-likeness (QED) is 0.372. The maximum absolute atomic E-state index is 12.4. The molecule has 0 spiro atoms. The first kappa shape index (κ1) is 22.1. The molecule has 0 aliphatic heterocycles. The number of aromatic nitrogens is 1. The number of carbonyl (C=O) groups is 3. The highest BCUT2D eigenvalue weighted by Gasteiger charge is 2.17. The van der Waals surface area contributed by atoms with Crippen LogP contribution in [0.3, 0.4) is 0 Å². The summed E-state index contributed by atoms with van der Waals surface area (Å²) in [7, 11) is 1.35. The highest BCUT2D eigenvalue weighted by Crippen LogP contribution is 2.36. The third-order valence-corrected chi connectivity index (χ3v) is 5.13. The Labute approximate surface area is 185 Å². The van der Waals surface area contributed by atoms with Crippen LogP contribution in [0, 0.1) is 0 Å². The van der Waals surface area contributed by atoms with E-state index < -0.39 is 24.3 Å². The minimum absolute atomic E-state index is 0.0366. The van der Waals surface area contributed by atoms with Crippen molar-refractivity contribution in [3.63, 3.8) is 0 Å². The number of nitrogens with one attached hydrogen (secondary N) is 3. The first-order chi connectivity index (χ1) is 14.9. The Morgan fingerprint density at radius 2 is 1.97 bits per heavy atom. The highest BCUT2D eigenvalue weighted by atomic mass is 35.5. The van der Waals surface area contributed by atoms with E-state index in [0.29, 0.717) is 5.13 Å². The Kier molecular flexibility index (Phi) is 7.11. The smallest absolute Gasteiger partial charge is 0.269 e. The number of hydrogen-bond donors (Lipinski definition) is 4. The number of ether oxygens (including phenoxy) is 2. The number of halogens is 1. The Hall–Kier alpha value is -3.57. The first-order valence-electron chi connectivity index (χ1n) is 8.84. The average Bonchev–Trinajstić information content (AvgIpc) is 3.17. The van der Waals surface area contributed by atoms with Crippen LogP contribution in [-0.2, 0) is 9.59 Å². The lowest BCUT2D eigenvalue weighted by molar-refractivity contribution is -0.120. The summed E-state index contributed by atoms with van der Waals surface area (Å²) in [5.74, 6) is -1.60. The fourth-order valence-corrected chi connectivity index (χ4v) is 3.61. The van der Waals surface area contributed by atoms with Crippen LogP contribution >= 0.6 is 22.9 Å². The Morgan fingerprint density at radius 1 is 1.19 bits per heavy atom. The van der Waals surface area contributed by atoms with Crippen LogP contribution in [0.2, 0.25) is 5.02 Å². The van der Waals surface area contributed by atoms with E-state index in [9.17, 15) is 14.4 Å². The number of hydrogen-bond acceptors (Lipinski definition) is 8. The lowest BCUT2D eigenvalue weighted by Crippen LogP contribution is -2.44. The summed E-state index contributed by atoms with van der Waals surface area (Å²) in [5, 5.41) is 3.53. The first-order valence-corrected chi connectivity index (χ1v) is 10.0. The normalized spacial score (nSPS) is 10.4. The van der Waals surface area contributed by atoms with E-state index in [-0.39, 0.29) is 28.6 Å². The van der Waals surface area contributed by atoms with E-state index in [0.717, 1.165) is 10.2 Å². The van der Waals surface area contributed by atoms with Gasteiger partial charge in [0.1, 0.15) is 0 Å². The van der Waals surface area contributed by atoms with Gasteiger partial charge in [0.2, 0.25) is 0 Å². The molecule has 3 rings (SSSR count). The van der Waals surface area contributed by atoms with Gasteiger partial charge in [-0.05, 0) is 24.3 Å². The van der Waals surface area contributed by atoms with Gasteiger partial charge in [-0.3, -0.25) is 25.2 Å². The van der Waals surface area contributed by atoms with E-state index in [1.54, 1.807) is 0 Å². The summed E-state index contributed by atoms with van der Waals surface area (Å²) >= 11 is 7.53. The molecule has 0 atom stereocenters. The highest BCUT2D eigenvalue weighted by molar-refractivity contribution is 7.22. The molecule has 0 unspecified atom stereocenters. The molecule has 12 heteroatoms. The van der Waals surface area contributed by atoms with Gasteiger partial charge in [0.25, 0.3) is 17.7 Å². The molecule has 1 aromatic heterocycles. The van der Waals surface area contributed by atoms with E-state index >= 15 is 0 Å². The van der Waals surface area contributed by atoms with Gasteiger partial charge in [-0.2, -0.15) is 0 Å². The number of hydrazine groups is 1. The number of nitrogens with two attached hydrogens (primary N) is 1. The molecule has 3 aromatic rings. The van der Waals surface area contributed by atoms with Crippen molar-refractivity contribution in [2.75, 3.05) is 25.6 Å². The number of nitrogens with zero attached hydrogens (tertiary/aromatic N) is 1. The molecule has 0 aliphatic carbocycles. The van der Waals surface area contributed by atoms with Crippen LogP contribution in [0.5, 0.6) is 11.5 Å². The van der Waals surface area contributed by atoms with Gasteiger partial charge in [-0.15, -0.1) is 0 Å². The fourth-order valence-electron chi connectivity index (χ4n) is 2.48. The number of methoxy groups -OCH3 is 1. The molecule has 1 heterocycles. The van der Waals surface area contributed by atoms with Gasteiger partial charge < -0.3 is 20.5 Å². The number of anilines is 1. The van der Waals surface area contributed by atoms with Crippen LogP contribution in [0.25, 0.3) is 10.2 Å². The van der Waals surface area contributed by atoms with Crippen molar-refractivity contribution < 1.29 is 23.9 Å². The summed E-state index contributed by atoms with van der Waals surface area (Å²) in [6.07, 6.45) is 0. The van der Waals surface area contributed by atoms with Gasteiger partial charge in [-0.25, -0.2) is 4.98 Å². The second kappa shape index (κ2) is 9.96. The summed E-state index contributed by atoms with van der Waals surface area (Å²) in [4.78, 5) is 39.6. The molecule has 0 radical (unpaired) electrons. The van der Waals surface area contributed by atoms with Crippen molar-refractivity contribution in [1.29, 1.82) is 0 Å². The summed E-state index contributed by atoms with van der Waals surface area (Å²) < 4.78 is 11.3. The largest absolute Gasteiger partial charge is 0.493 e. The molecule has 5 N–H and O–H groups in total. The number of rotatable bonds is 8. The van der Waals surface area contributed by atoms with Gasteiger partial charge in [-0.1, -0.05) is 35.1 Å². The second-order valence-electron chi connectivity index (χ2n) is 6.09. The summed E-state index contributed by atoms with van der Waals surface area (Å²) in [5.41, 5.74) is 10.6. The van der Waals surface area contributed by atoms with E-state index in [1.807, 2.05) is 24.3 Å². The van der Waals surface area contributed by atoms with E-state index in [4.69, 9.17) is 26.8 Å². The number of primary amides is 1. The molecular weight excluding hydrogens is 446 g/mol. The molecule has 2 aromatic carbocycles. The number of benzene rings is 2. The second-order valence-corrected chi connectivity index (χ2v) is 7.52. The number of thiazole rings is 1.